The fourth-order valence-corrected chi connectivity index (χ4v) is 2.06. The second-order valence-corrected chi connectivity index (χ2v) is 5.15. The molecule has 0 spiro atoms. The lowest BCUT2D eigenvalue weighted by Crippen LogP contribution is -2.12. The zero-order valence-corrected chi connectivity index (χ0v) is 11.9. The first-order valence-corrected chi connectivity index (χ1v) is 6.74. The molecule has 0 bridgehead atoms. The topological polar surface area (TPSA) is 98.8 Å². The van der Waals surface area contributed by atoms with Gasteiger partial charge in [0.05, 0.1) is 12.6 Å². The van der Waals surface area contributed by atoms with E-state index in [4.69, 9.17) is 10.5 Å². The Bertz CT molecular complexity index is 556. The number of nitrogens with zero attached hydrogens (tertiary/aromatic N) is 4. The van der Waals surface area contributed by atoms with Crippen LogP contribution in [0.1, 0.15) is 24.5 Å². The third kappa shape index (κ3) is 4.02. The van der Waals surface area contributed by atoms with Crippen molar-refractivity contribution in [2.45, 2.75) is 33.4 Å². The predicted octanol–water partition coefficient (Wildman–Crippen LogP) is 1.62. The summed E-state index contributed by atoms with van der Waals surface area (Å²) in [6, 6.07) is 0.223. The smallest absolute Gasteiger partial charge is 0.323 e. The number of nitrogens with one attached hydrogen (secondary N) is 1. The van der Waals surface area contributed by atoms with E-state index in [0.29, 0.717) is 12.5 Å². The van der Waals surface area contributed by atoms with Crippen LogP contribution in [0.2, 0.25) is 0 Å². The number of anilines is 2. The Morgan fingerprint density at radius 3 is 2.74 bits per heavy atom. The van der Waals surface area contributed by atoms with Crippen molar-refractivity contribution in [2.75, 3.05) is 11.1 Å². The average Bonchev–Trinajstić information content (AvgIpc) is 2.71. The van der Waals surface area contributed by atoms with Crippen molar-refractivity contribution in [1.29, 1.82) is 0 Å². The number of nitrogens with two attached hydrogens (primary N) is 1. The molecule has 0 unspecified atom stereocenters. The van der Waals surface area contributed by atoms with Gasteiger partial charge in [-0.05, 0) is 20.8 Å². The lowest BCUT2D eigenvalue weighted by atomic mass is 10.5. The molecular formula is C11H16N6OS. The highest BCUT2D eigenvalue weighted by Crippen LogP contribution is 2.13. The molecule has 2 aromatic heterocycles. The molecular weight excluding hydrogens is 264 g/mol. The Morgan fingerprint density at radius 1 is 1.32 bits per heavy atom. The molecule has 102 valence electrons. The summed E-state index contributed by atoms with van der Waals surface area (Å²) in [4.78, 5) is 16.4. The second-order valence-electron chi connectivity index (χ2n) is 4.20. The summed E-state index contributed by atoms with van der Waals surface area (Å²) in [7, 11) is 0. The molecule has 0 aromatic carbocycles. The molecule has 0 saturated heterocycles. The molecule has 0 radical (unpaired) electrons. The van der Waals surface area contributed by atoms with Gasteiger partial charge in [-0.1, -0.05) is 0 Å². The van der Waals surface area contributed by atoms with Crippen LogP contribution in [-0.4, -0.2) is 26.0 Å². The molecule has 19 heavy (non-hydrogen) atoms. The fourth-order valence-electron chi connectivity index (χ4n) is 1.35. The number of nitrogen functional groups attached to an aromatic ring is 1. The van der Waals surface area contributed by atoms with Gasteiger partial charge in [-0.2, -0.15) is 15.0 Å². The fraction of sp³-hybridized carbons (Fsp3) is 0.455. The summed E-state index contributed by atoms with van der Waals surface area (Å²) < 4.78 is 5.40. The van der Waals surface area contributed by atoms with Crippen molar-refractivity contribution in [3.05, 3.63) is 16.1 Å². The van der Waals surface area contributed by atoms with E-state index in [2.05, 4.69) is 25.3 Å². The lowest BCUT2D eigenvalue weighted by molar-refractivity contribution is 0.222. The Morgan fingerprint density at radius 2 is 2.11 bits per heavy atom. The van der Waals surface area contributed by atoms with Crippen LogP contribution in [-0.2, 0) is 6.54 Å². The highest BCUT2D eigenvalue weighted by atomic mass is 32.1. The minimum absolute atomic E-state index is 0.0173. The monoisotopic (exact) mass is 280 g/mol. The number of ether oxygens (including phenoxy) is 1. The van der Waals surface area contributed by atoms with Gasteiger partial charge in [0.15, 0.2) is 0 Å². The van der Waals surface area contributed by atoms with Crippen molar-refractivity contribution in [2.24, 2.45) is 0 Å². The number of aryl methyl sites for hydroxylation is 1. The van der Waals surface area contributed by atoms with Crippen LogP contribution < -0.4 is 15.8 Å². The van der Waals surface area contributed by atoms with Gasteiger partial charge < -0.3 is 15.8 Å². The Kier molecular flexibility index (Phi) is 4.10. The minimum atomic E-state index is -0.0173. The third-order valence-corrected chi connectivity index (χ3v) is 3.00. The second kappa shape index (κ2) is 5.79. The Labute approximate surface area is 115 Å². The maximum absolute atomic E-state index is 5.61. The first kappa shape index (κ1) is 13.5. The van der Waals surface area contributed by atoms with E-state index in [1.54, 1.807) is 11.3 Å². The number of thiazole rings is 1. The van der Waals surface area contributed by atoms with Gasteiger partial charge in [-0.15, -0.1) is 11.3 Å². The van der Waals surface area contributed by atoms with E-state index in [1.165, 1.54) is 0 Å². The van der Waals surface area contributed by atoms with Crippen LogP contribution in [0.3, 0.4) is 0 Å². The van der Waals surface area contributed by atoms with Gasteiger partial charge in [0, 0.05) is 11.1 Å². The molecule has 0 fully saturated rings. The van der Waals surface area contributed by atoms with E-state index >= 15 is 0 Å². The normalized spacial score (nSPS) is 10.7. The number of hydrogen-bond acceptors (Lipinski definition) is 8. The molecule has 0 saturated carbocycles. The zero-order valence-electron chi connectivity index (χ0n) is 11.0. The zero-order chi connectivity index (χ0) is 13.8. The summed E-state index contributed by atoms with van der Waals surface area (Å²) >= 11 is 1.58. The van der Waals surface area contributed by atoms with Gasteiger partial charge >= 0.3 is 6.01 Å². The van der Waals surface area contributed by atoms with Crippen molar-refractivity contribution in [3.63, 3.8) is 0 Å². The van der Waals surface area contributed by atoms with Crippen LogP contribution in [0, 0.1) is 6.92 Å². The Hall–Kier alpha value is -1.96. The molecule has 2 heterocycles. The first-order valence-electron chi connectivity index (χ1n) is 5.86. The number of aromatic nitrogens is 4. The van der Waals surface area contributed by atoms with E-state index in [1.807, 2.05) is 26.2 Å². The van der Waals surface area contributed by atoms with E-state index in [9.17, 15) is 0 Å². The van der Waals surface area contributed by atoms with E-state index < -0.39 is 0 Å². The summed E-state index contributed by atoms with van der Waals surface area (Å²) in [5.41, 5.74) is 6.61. The van der Waals surface area contributed by atoms with Crippen molar-refractivity contribution in [1.82, 2.24) is 19.9 Å². The van der Waals surface area contributed by atoms with Gasteiger partial charge in [0.1, 0.15) is 5.01 Å². The largest absolute Gasteiger partial charge is 0.461 e. The van der Waals surface area contributed by atoms with Gasteiger partial charge in [-0.25, -0.2) is 4.98 Å². The van der Waals surface area contributed by atoms with Gasteiger partial charge in [-0.3, -0.25) is 0 Å². The maximum atomic E-state index is 5.61. The molecule has 0 aliphatic carbocycles. The standard InChI is InChI=1S/C11H16N6OS/c1-6(2)18-11-16-9(12)15-10(17-11)13-4-8-14-7(3)5-19-8/h5-6H,4H2,1-3H3,(H3,12,13,15,16,17). The van der Waals surface area contributed by atoms with Gasteiger partial charge in [0.25, 0.3) is 0 Å². The van der Waals surface area contributed by atoms with Crippen LogP contribution in [0.25, 0.3) is 0 Å². The molecule has 0 amide bonds. The minimum Gasteiger partial charge on any atom is -0.461 e. The van der Waals surface area contributed by atoms with Crippen molar-refractivity contribution < 1.29 is 4.74 Å². The maximum Gasteiger partial charge on any atom is 0.323 e. The molecule has 8 heteroatoms. The van der Waals surface area contributed by atoms with E-state index in [-0.39, 0.29) is 18.1 Å². The summed E-state index contributed by atoms with van der Waals surface area (Å²) in [6.07, 6.45) is -0.0173. The first-order chi connectivity index (χ1) is 9.02. The van der Waals surface area contributed by atoms with Gasteiger partial charge in [0.2, 0.25) is 11.9 Å². The molecule has 2 rings (SSSR count). The molecule has 0 aliphatic heterocycles. The van der Waals surface area contributed by atoms with Crippen molar-refractivity contribution in [3.8, 4) is 6.01 Å². The quantitative estimate of drug-likeness (QED) is 0.858. The van der Waals surface area contributed by atoms with Crippen LogP contribution in [0.5, 0.6) is 6.01 Å². The molecule has 3 N–H and O–H groups in total. The highest BCUT2D eigenvalue weighted by Gasteiger charge is 2.07. The van der Waals surface area contributed by atoms with E-state index in [0.717, 1.165) is 10.7 Å². The van der Waals surface area contributed by atoms with Crippen LogP contribution in [0.15, 0.2) is 5.38 Å². The summed E-state index contributed by atoms with van der Waals surface area (Å²) in [6.45, 7) is 6.29. The average molecular weight is 280 g/mol. The third-order valence-electron chi connectivity index (χ3n) is 2.04. The van der Waals surface area contributed by atoms with Crippen LogP contribution >= 0.6 is 11.3 Å². The molecule has 0 atom stereocenters. The lowest BCUT2D eigenvalue weighted by Gasteiger charge is -2.09. The molecule has 0 aliphatic rings. The van der Waals surface area contributed by atoms with Crippen molar-refractivity contribution >= 4 is 23.2 Å². The molecule has 2 aromatic rings. The molecule has 7 nitrogen and oxygen atoms in total. The number of rotatable bonds is 5. The number of hydrogen-bond donors (Lipinski definition) is 2. The summed E-state index contributed by atoms with van der Waals surface area (Å²) in [5.74, 6) is 0.513. The Balaban J connectivity index is 2.05. The SMILES string of the molecule is Cc1csc(CNc2nc(N)nc(OC(C)C)n2)n1. The predicted molar refractivity (Wildman–Crippen MR) is 74.2 cm³/mol. The van der Waals surface area contributed by atoms with Crippen LogP contribution in [0.4, 0.5) is 11.9 Å². The summed E-state index contributed by atoms with van der Waals surface area (Å²) in [5, 5.41) is 6.01. The highest BCUT2D eigenvalue weighted by molar-refractivity contribution is 7.09.